The van der Waals surface area contributed by atoms with Gasteiger partial charge in [0.15, 0.2) is 5.82 Å². The van der Waals surface area contributed by atoms with Crippen LogP contribution in [0.3, 0.4) is 0 Å². The monoisotopic (exact) mass is 394 g/mol. The third kappa shape index (κ3) is 4.66. The third-order valence-corrected chi connectivity index (χ3v) is 5.57. The first-order valence-electron chi connectivity index (χ1n) is 7.83. The molecule has 0 aliphatic rings. The fraction of sp³-hybridized carbons (Fsp3) is 0.176. The Morgan fingerprint density at radius 3 is 2.73 bits per heavy atom. The normalized spacial score (nSPS) is 11.6. The third-order valence-electron chi connectivity index (χ3n) is 3.61. The summed E-state index contributed by atoms with van der Waals surface area (Å²) >= 11 is 5.92. The summed E-state index contributed by atoms with van der Waals surface area (Å²) in [6.45, 7) is 0.130. The second-order valence-electron chi connectivity index (χ2n) is 5.58. The maximum absolute atomic E-state index is 13.2. The van der Waals surface area contributed by atoms with Crippen LogP contribution in [0.4, 0.5) is 4.39 Å². The van der Waals surface area contributed by atoms with E-state index in [1.54, 1.807) is 24.3 Å². The van der Waals surface area contributed by atoms with Gasteiger partial charge in [0.1, 0.15) is 16.5 Å². The number of benzene rings is 2. The molecule has 0 saturated carbocycles. The predicted molar refractivity (Wildman–Crippen MR) is 95.9 cm³/mol. The van der Waals surface area contributed by atoms with Crippen LogP contribution in [0, 0.1) is 5.82 Å². The number of nitrogens with one attached hydrogen (secondary N) is 2. The SMILES string of the molecule is O=S(=O)(NCCc1n[nH]c(Cc2cccc(F)c2)n1)c1ccccc1Cl. The van der Waals surface area contributed by atoms with Gasteiger partial charge in [-0.05, 0) is 29.8 Å². The number of aromatic amines is 1. The van der Waals surface area contributed by atoms with Gasteiger partial charge < -0.3 is 0 Å². The molecule has 9 heteroatoms. The number of halogens is 2. The summed E-state index contributed by atoms with van der Waals surface area (Å²) in [6, 6.07) is 12.5. The van der Waals surface area contributed by atoms with E-state index in [1.165, 1.54) is 24.3 Å². The van der Waals surface area contributed by atoms with Crippen molar-refractivity contribution in [3.63, 3.8) is 0 Å². The van der Waals surface area contributed by atoms with E-state index in [0.717, 1.165) is 5.56 Å². The predicted octanol–water partition coefficient (Wildman–Crippen LogP) is 2.71. The van der Waals surface area contributed by atoms with Crippen molar-refractivity contribution in [3.05, 3.63) is 76.6 Å². The molecule has 0 bridgehead atoms. The van der Waals surface area contributed by atoms with Gasteiger partial charge >= 0.3 is 0 Å². The molecule has 2 aromatic carbocycles. The molecular formula is C17H16ClFN4O2S. The fourth-order valence-corrected chi connectivity index (χ4v) is 3.95. The van der Waals surface area contributed by atoms with Crippen LogP contribution in [0.15, 0.2) is 53.4 Å². The molecule has 0 saturated heterocycles. The molecule has 1 heterocycles. The van der Waals surface area contributed by atoms with Crippen molar-refractivity contribution in [2.45, 2.75) is 17.7 Å². The van der Waals surface area contributed by atoms with E-state index in [1.807, 2.05) is 0 Å². The average molecular weight is 395 g/mol. The van der Waals surface area contributed by atoms with Crippen molar-refractivity contribution in [1.82, 2.24) is 19.9 Å². The highest BCUT2D eigenvalue weighted by Gasteiger charge is 2.17. The maximum Gasteiger partial charge on any atom is 0.242 e. The number of hydrogen-bond donors (Lipinski definition) is 2. The summed E-state index contributed by atoms with van der Waals surface area (Å²) in [7, 11) is -3.70. The summed E-state index contributed by atoms with van der Waals surface area (Å²) in [5, 5.41) is 7.00. The zero-order valence-corrected chi connectivity index (χ0v) is 15.2. The molecule has 6 nitrogen and oxygen atoms in total. The zero-order valence-electron chi connectivity index (χ0n) is 13.6. The molecular weight excluding hydrogens is 379 g/mol. The Morgan fingerprint density at radius 2 is 1.96 bits per heavy atom. The topological polar surface area (TPSA) is 87.7 Å². The van der Waals surface area contributed by atoms with E-state index in [4.69, 9.17) is 11.6 Å². The highest BCUT2D eigenvalue weighted by atomic mass is 35.5. The van der Waals surface area contributed by atoms with Gasteiger partial charge in [-0.3, -0.25) is 5.10 Å². The lowest BCUT2D eigenvalue weighted by molar-refractivity contribution is 0.581. The minimum atomic E-state index is -3.70. The van der Waals surface area contributed by atoms with Gasteiger partial charge in [0.2, 0.25) is 10.0 Å². The van der Waals surface area contributed by atoms with Gasteiger partial charge in [-0.25, -0.2) is 22.5 Å². The molecule has 0 spiro atoms. The van der Waals surface area contributed by atoms with E-state index >= 15 is 0 Å². The maximum atomic E-state index is 13.2. The highest BCUT2D eigenvalue weighted by Crippen LogP contribution is 2.20. The summed E-state index contributed by atoms with van der Waals surface area (Å²) < 4.78 is 40.2. The Bertz CT molecular complexity index is 1010. The molecule has 0 aliphatic carbocycles. The van der Waals surface area contributed by atoms with E-state index < -0.39 is 10.0 Å². The number of aromatic nitrogens is 3. The van der Waals surface area contributed by atoms with Crippen molar-refractivity contribution in [2.75, 3.05) is 6.54 Å². The highest BCUT2D eigenvalue weighted by molar-refractivity contribution is 7.89. The van der Waals surface area contributed by atoms with Crippen LogP contribution in [0.25, 0.3) is 0 Å². The van der Waals surface area contributed by atoms with Crippen LogP contribution < -0.4 is 4.72 Å². The summed E-state index contributed by atoms with van der Waals surface area (Å²) in [6.07, 6.45) is 0.722. The van der Waals surface area contributed by atoms with Crippen molar-refractivity contribution < 1.29 is 12.8 Å². The standard InChI is InChI=1S/C17H16ClFN4O2S/c18-14-6-1-2-7-15(14)26(24,25)20-9-8-16-21-17(23-22-16)11-12-4-3-5-13(19)10-12/h1-7,10,20H,8-9,11H2,(H,21,22,23). The molecule has 1 aromatic heterocycles. The minimum absolute atomic E-state index is 0.0310. The van der Waals surface area contributed by atoms with Crippen molar-refractivity contribution in [1.29, 1.82) is 0 Å². The molecule has 0 fully saturated rings. The number of rotatable bonds is 7. The number of hydrogen-bond acceptors (Lipinski definition) is 4. The van der Waals surface area contributed by atoms with E-state index in [9.17, 15) is 12.8 Å². The molecule has 0 atom stereocenters. The molecule has 2 N–H and O–H groups in total. The molecule has 136 valence electrons. The molecule has 26 heavy (non-hydrogen) atoms. The molecule has 0 unspecified atom stereocenters. The second kappa shape index (κ2) is 7.94. The Balaban J connectivity index is 1.58. The molecule has 3 aromatic rings. The van der Waals surface area contributed by atoms with Crippen LogP contribution in [0.1, 0.15) is 17.2 Å². The van der Waals surface area contributed by atoms with Crippen LogP contribution in [-0.4, -0.2) is 30.1 Å². The van der Waals surface area contributed by atoms with E-state index in [-0.39, 0.29) is 22.3 Å². The second-order valence-corrected chi connectivity index (χ2v) is 7.73. The lowest BCUT2D eigenvalue weighted by atomic mass is 10.1. The number of sulfonamides is 1. The average Bonchev–Trinajstić information content (AvgIpc) is 3.02. The Morgan fingerprint density at radius 1 is 1.15 bits per heavy atom. The molecule has 0 amide bonds. The van der Waals surface area contributed by atoms with Crippen LogP contribution in [0.5, 0.6) is 0 Å². The van der Waals surface area contributed by atoms with Crippen LogP contribution in [0.2, 0.25) is 5.02 Å². The van der Waals surface area contributed by atoms with Gasteiger partial charge in [0.05, 0.1) is 5.02 Å². The number of H-pyrrole nitrogens is 1. The summed E-state index contributed by atoms with van der Waals surface area (Å²) in [4.78, 5) is 4.33. The fourth-order valence-electron chi connectivity index (χ4n) is 2.40. The lowest BCUT2D eigenvalue weighted by Gasteiger charge is -2.07. The largest absolute Gasteiger partial charge is 0.263 e. The van der Waals surface area contributed by atoms with Gasteiger partial charge in [-0.2, -0.15) is 5.10 Å². The van der Waals surface area contributed by atoms with Gasteiger partial charge in [0, 0.05) is 19.4 Å². The van der Waals surface area contributed by atoms with Gasteiger partial charge in [-0.15, -0.1) is 0 Å². The van der Waals surface area contributed by atoms with Gasteiger partial charge in [-0.1, -0.05) is 35.9 Å². The summed E-state index contributed by atoms with van der Waals surface area (Å²) in [5.41, 5.74) is 0.770. The van der Waals surface area contributed by atoms with E-state index in [2.05, 4.69) is 19.9 Å². The van der Waals surface area contributed by atoms with Crippen LogP contribution >= 0.6 is 11.6 Å². The zero-order chi connectivity index (χ0) is 18.6. The number of nitrogens with zero attached hydrogens (tertiary/aromatic N) is 2. The Hall–Kier alpha value is -2.29. The van der Waals surface area contributed by atoms with Gasteiger partial charge in [0.25, 0.3) is 0 Å². The van der Waals surface area contributed by atoms with Crippen molar-refractivity contribution in [3.8, 4) is 0 Å². The Kier molecular flexibility index (Phi) is 5.65. The molecule has 0 radical (unpaired) electrons. The quantitative estimate of drug-likeness (QED) is 0.645. The van der Waals surface area contributed by atoms with Crippen molar-refractivity contribution in [2.24, 2.45) is 0 Å². The first-order valence-corrected chi connectivity index (χ1v) is 9.69. The summed E-state index contributed by atoms with van der Waals surface area (Å²) in [5.74, 6) is 0.744. The Labute approximate surface area is 155 Å². The van der Waals surface area contributed by atoms with Crippen molar-refractivity contribution >= 4 is 21.6 Å². The first-order chi connectivity index (χ1) is 12.4. The van der Waals surface area contributed by atoms with Crippen LogP contribution in [-0.2, 0) is 22.9 Å². The minimum Gasteiger partial charge on any atom is -0.263 e. The van der Waals surface area contributed by atoms with E-state index in [0.29, 0.717) is 24.5 Å². The molecule has 3 rings (SSSR count). The lowest BCUT2D eigenvalue weighted by Crippen LogP contribution is -2.26. The molecule has 0 aliphatic heterocycles. The first kappa shape index (κ1) is 18.5. The smallest absolute Gasteiger partial charge is 0.242 e.